The summed E-state index contributed by atoms with van der Waals surface area (Å²) in [7, 11) is -4.15. The number of nitrogens with one attached hydrogen (secondary N) is 2. The summed E-state index contributed by atoms with van der Waals surface area (Å²) < 4.78 is 94.8. The molecule has 0 unspecified atom stereocenters. The van der Waals surface area contributed by atoms with Crippen LogP contribution in [0.4, 0.5) is 23.4 Å². The molecule has 42 heavy (non-hydrogen) atoms. The van der Waals surface area contributed by atoms with E-state index in [9.17, 15) is 17.6 Å². The van der Waals surface area contributed by atoms with E-state index in [0.717, 1.165) is 22.7 Å². The molecule has 4 rings (SSSR count). The molecule has 0 atom stereocenters. The third kappa shape index (κ3) is 6.34. The minimum Gasteiger partial charge on any atom is -0.358 e. The second-order valence-electron chi connectivity index (χ2n) is 10.1. The first-order valence-electron chi connectivity index (χ1n) is 12.3. The highest BCUT2D eigenvalue weighted by atomic mass is 32.3. The number of rotatable bonds is 10. The molecule has 0 fully saturated rings. The van der Waals surface area contributed by atoms with Crippen molar-refractivity contribution in [3.8, 4) is 11.1 Å². The van der Waals surface area contributed by atoms with Gasteiger partial charge in [-0.1, -0.05) is 6.07 Å². The van der Waals surface area contributed by atoms with Gasteiger partial charge in [-0.05, 0) is 37.8 Å². The van der Waals surface area contributed by atoms with Gasteiger partial charge in [-0.2, -0.15) is 5.10 Å². The molecule has 0 aliphatic heterocycles. The highest BCUT2D eigenvalue weighted by Crippen LogP contribution is 2.36. The van der Waals surface area contributed by atoms with Crippen molar-refractivity contribution in [2.24, 2.45) is 0 Å². The molecule has 0 bridgehead atoms. The van der Waals surface area contributed by atoms with Crippen molar-refractivity contribution in [3.05, 3.63) is 65.2 Å². The van der Waals surface area contributed by atoms with Crippen LogP contribution in [0.5, 0.6) is 0 Å². The van der Waals surface area contributed by atoms with E-state index < -0.39 is 71.1 Å². The van der Waals surface area contributed by atoms with Crippen LogP contribution in [0, 0.1) is 30.2 Å². The third-order valence-electron chi connectivity index (χ3n) is 6.12. The van der Waals surface area contributed by atoms with Crippen molar-refractivity contribution in [2.75, 3.05) is 42.9 Å². The minimum absolute atomic E-state index is 0.0607. The monoisotopic (exact) mass is 628 g/mol. The van der Waals surface area contributed by atoms with Gasteiger partial charge in [0.1, 0.15) is 23.0 Å². The van der Waals surface area contributed by atoms with E-state index >= 15 is 13.2 Å². The summed E-state index contributed by atoms with van der Waals surface area (Å²) in [5, 5.41) is 6.64. The van der Waals surface area contributed by atoms with Crippen molar-refractivity contribution in [3.63, 3.8) is 0 Å². The fraction of sp³-hybridized carbons (Fsp3) is 0.308. The number of aryl methyl sites for hydroxylation is 1. The van der Waals surface area contributed by atoms with Gasteiger partial charge in [0, 0.05) is 23.8 Å². The number of amides is 1. The zero-order chi connectivity index (χ0) is 31.0. The fourth-order valence-corrected chi connectivity index (χ4v) is 5.83. The maximum Gasteiger partial charge on any atom is 0.272 e. The van der Waals surface area contributed by atoms with E-state index in [-0.39, 0.29) is 29.0 Å². The highest BCUT2D eigenvalue weighted by Gasteiger charge is 2.28. The lowest BCUT2D eigenvalue weighted by Gasteiger charge is -2.24. The van der Waals surface area contributed by atoms with Crippen molar-refractivity contribution in [1.29, 1.82) is 0 Å². The van der Waals surface area contributed by atoms with Gasteiger partial charge in [-0.3, -0.25) is 14.5 Å². The van der Waals surface area contributed by atoms with Gasteiger partial charge in [0.15, 0.2) is 29.0 Å². The lowest BCUT2D eigenvalue weighted by atomic mass is 10.0. The molecule has 2 N–H and O–H groups in total. The Bertz CT molecular complexity index is 1790. The number of fused-ring (bicyclic) bond motifs is 1. The molecule has 226 valence electrons. The van der Waals surface area contributed by atoms with Gasteiger partial charge in [0.2, 0.25) is 0 Å². The van der Waals surface area contributed by atoms with Crippen molar-refractivity contribution < 1.29 is 35.5 Å². The van der Waals surface area contributed by atoms with E-state index in [2.05, 4.69) is 39.2 Å². The largest absolute Gasteiger partial charge is 0.358 e. The molecule has 0 aliphatic carbocycles. The predicted octanol–water partition coefficient (Wildman–Crippen LogP) is 4.19. The molecule has 0 saturated carbocycles. The van der Waals surface area contributed by atoms with Crippen LogP contribution in [0.3, 0.4) is 0 Å². The Morgan fingerprint density at radius 3 is 2.43 bits per heavy atom. The molecule has 10 nitrogen and oxygen atoms in total. The van der Waals surface area contributed by atoms with Crippen molar-refractivity contribution in [2.45, 2.75) is 18.6 Å². The number of halogens is 4. The average molecular weight is 629 g/mol. The molecular formula is C26H28F4N6O4S2. The van der Waals surface area contributed by atoms with E-state index in [1.54, 1.807) is 0 Å². The van der Waals surface area contributed by atoms with Gasteiger partial charge in [0.05, 0.1) is 30.3 Å². The number of benzene rings is 1. The Morgan fingerprint density at radius 1 is 1.05 bits per heavy atom. The van der Waals surface area contributed by atoms with Gasteiger partial charge >= 0.3 is 0 Å². The zero-order valence-corrected chi connectivity index (χ0v) is 24.9. The number of hydrogen-bond acceptors (Lipinski definition) is 7. The smallest absolute Gasteiger partial charge is 0.272 e. The third-order valence-corrected chi connectivity index (χ3v) is 8.96. The molecule has 0 aliphatic rings. The minimum atomic E-state index is -4.63. The van der Waals surface area contributed by atoms with Crippen LogP contribution in [0.25, 0.3) is 22.0 Å². The standard InChI is InChI=1S/C26H28F4N6O4S2/c1-14-19(10-15(27)11-32-14)42(38,39)35-25-22(30)20(18(28)12-33-25)16-6-7-17-23(26(37)31-2)34-36(24(17)21(16)29)13-40-8-9-41(3,4)5/h6-7,10-12H,8-9,13H2,1-5H3,(H,31,37)(H,33,35). The second kappa shape index (κ2) is 11.9. The lowest BCUT2D eigenvalue weighted by Crippen LogP contribution is -2.19. The molecule has 16 heteroatoms. The molecule has 1 aromatic carbocycles. The van der Waals surface area contributed by atoms with Crippen LogP contribution in [-0.4, -0.2) is 72.2 Å². The van der Waals surface area contributed by atoms with E-state index in [0.29, 0.717) is 18.9 Å². The highest BCUT2D eigenvalue weighted by molar-refractivity contribution is 8.32. The molecule has 0 radical (unpaired) electrons. The Morgan fingerprint density at radius 2 is 1.76 bits per heavy atom. The molecule has 0 spiro atoms. The van der Waals surface area contributed by atoms with Gasteiger partial charge < -0.3 is 10.1 Å². The zero-order valence-electron chi connectivity index (χ0n) is 23.3. The summed E-state index contributed by atoms with van der Waals surface area (Å²) in [6, 6.07) is 2.99. The second-order valence-corrected chi connectivity index (χ2v) is 16.3. The first kappa shape index (κ1) is 31.2. The van der Waals surface area contributed by atoms with Gasteiger partial charge in [-0.15, -0.1) is 0 Å². The Labute approximate surface area is 240 Å². The van der Waals surface area contributed by atoms with Crippen molar-refractivity contribution >= 4 is 42.7 Å². The van der Waals surface area contributed by atoms with Crippen LogP contribution >= 0.6 is 10.0 Å². The van der Waals surface area contributed by atoms with Crippen LogP contribution in [0.1, 0.15) is 16.2 Å². The van der Waals surface area contributed by atoms with Crippen LogP contribution < -0.4 is 10.0 Å². The number of pyridine rings is 2. The topological polar surface area (TPSA) is 128 Å². The van der Waals surface area contributed by atoms with Crippen LogP contribution in [0.2, 0.25) is 0 Å². The summed E-state index contributed by atoms with van der Waals surface area (Å²) in [5.74, 6) is -5.74. The summed E-state index contributed by atoms with van der Waals surface area (Å²) in [4.78, 5) is 19.0. The molecule has 3 heterocycles. The first-order valence-corrected chi connectivity index (χ1v) is 16.8. The summed E-state index contributed by atoms with van der Waals surface area (Å²) in [6.07, 6.45) is 7.60. The molecule has 0 saturated heterocycles. The number of carbonyl (C=O) groups excluding carboxylic acids is 1. The van der Waals surface area contributed by atoms with E-state index in [4.69, 9.17) is 4.74 Å². The average Bonchev–Trinajstić information content (AvgIpc) is 3.29. The number of hydrogen-bond donors (Lipinski definition) is 2. The predicted molar refractivity (Wildman–Crippen MR) is 152 cm³/mol. The van der Waals surface area contributed by atoms with Gasteiger partial charge in [0.25, 0.3) is 15.9 Å². The number of ether oxygens (including phenoxy) is 1. The summed E-state index contributed by atoms with van der Waals surface area (Å²) >= 11 is 0. The molecule has 4 aromatic rings. The lowest BCUT2D eigenvalue weighted by molar-refractivity contribution is 0.0824. The van der Waals surface area contributed by atoms with E-state index in [1.807, 2.05) is 4.72 Å². The molecular weight excluding hydrogens is 600 g/mol. The summed E-state index contributed by atoms with van der Waals surface area (Å²) in [5.41, 5.74) is -2.00. The number of sulfonamides is 1. The Kier molecular flexibility index (Phi) is 8.80. The number of aromatic nitrogens is 4. The number of nitrogens with zero attached hydrogens (tertiary/aromatic N) is 4. The molecule has 1 amide bonds. The number of carbonyl (C=O) groups is 1. The Hall–Kier alpha value is -3.76. The SMILES string of the molecule is CNC(=O)c1nn(COCCS(C)(C)C)c2c(F)c(-c3c(F)cnc(NS(=O)(=O)c4cc(F)cnc4C)c3F)ccc12. The fourth-order valence-electron chi connectivity index (χ4n) is 3.99. The van der Waals surface area contributed by atoms with Gasteiger partial charge in [-0.25, -0.2) is 45.7 Å². The van der Waals surface area contributed by atoms with E-state index in [1.165, 1.54) is 20.0 Å². The number of anilines is 1. The normalized spacial score (nSPS) is 12.5. The quantitative estimate of drug-likeness (QED) is 0.199. The van der Waals surface area contributed by atoms with Crippen LogP contribution in [0.15, 0.2) is 35.5 Å². The maximum atomic E-state index is 16.1. The summed E-state index contributed by atoms with van der Waals surface area (Å²) in [6.45, 7) is 1.37. The Balaban J connectivity index is 1.81. The van der Waals surface area contributed by atoms with Crippen molar-refractivity contribution in [1.82, 2.24) is 25.1 Å². The maximum absolute atomic E-state index is 16.1. The van der Waals surface area contributed by atoms with Crippen LogP contribution in [-0.2, 0) is 21.5 Å². The molecule has 3 aromatic heterocycles. The first-order chi connectivity index (χ1) is 19.6.